The van der Waals surface area contributed by atoms with Crippen LogP contribution in [0.2, 0.25) is 0 Å². The Morgan fingerprint density at radius 2 is 1.62 bits per heavy atom. The fourth-order valence-corrected chi connectivity index (χ4v) is 3.48. The first kappa shape index (κ1) is 16.1. The number of nitrogens with one attached hydrogen (secondary N) is 1. The van der Waals surface area contributed by atoms with Gasteiger partial charge in [0.25, 0.3) is 10.0 Å². The lowest BCUT2D eigenvalue weighted by atomic mass is 10.3. The summed E-state index contributed by atoms with van der Waals surface area (Å²) in [6.07, 6.45) is 0. The molecule has 1 aromatic heterocycles. The van der Waals surface area contributed by atoms with Crippen molar-refractivity contribution in [2.45, 2.75) is 18.7 Å². The Balaban J connectivity index is 1.83. The molecule has 1 heterocycles. The second kappa shape index (κ2) is 6.01. The van der Waals surface area contributed by atoms with Gasteiger partial charge in [0.15, 0.2) is 0 Å². The normalized spacial score (nSPS) is 11.4. The quantitative estimate of drug-likeness (QED) is 0.713. The Morgan fingerprint density at radius 1 is 1.00 bits per heavy atom. The maximum absolute atomic E-state index is 12.4. The van der Waals surface area contributed by atoms with Gasteiger partial charge in [0.2, 0.25) is 0 Å². The molecule has 124 valence electrons. The van der Waals surface area contributed by atoms with Crippen molar-refractivity contribution in [2.75, 3.05) is 10.5 Å². The fraction of sp³-hybridized carbons (Fsp3) is 0.118. The van der Waals surface area contributed by atoms with Crippen LogP contribution in [0.15, 0.2) is 59.5 Å². The van der Waals surface area contributed by atoms with Crippen LogP contribution >= 0.6 is 0 Å². The van der Waals surface area contributed by atoms with Crippen LogP contribution in [-0.2, 0) is 10.0 Å². The Morgan fingerprint density at radius 3 is 2.17 bits per heavy atom. The van der Waals surface area contributed by atoms with Crippen LogP contribution in [0, 0.1) is 13.8 Å². The third kappa shape index (κ3) is 3.26. The number of aryl methyl sites for hydroxylation is 2. The monoisotopic (exact) mass is 342 g/mol. The number of anilines is 2. The van der Waals surface area contributed by atoms with E-state index in [1.54, 1.807) is 24.3 Å². The minimum Gasteiger partial charge on any atom is -0.399 e. The third-order valence-electron chi connectivity index (χ3n) is 3.56. The maximum atomic E-state index is 12.4. The molecule has 0 aliphatic rings. The highest BCUT2D eigenvalue weighted by Gasteiger charge is 2.14. The zero-order valence-corrected chi connectivity index (χ0v) is 14.2. The van der Waals surface area contributed by atoms with E-state index in [1.165, 1.54) is 12.1 Å². The molecular weight excluding hydrogens is 324 g/mol. The van der Waals surface area contributed by atoms with Gasteiger partial charge in [-0.25, -0.2) is 13.1 Å². The lowest BCUT2D eigenvalue weighted by molar-refractivity contribution is 0.601. The number of benzene rings is 2. The molecule has 3 aromatic rings. The largest absolute Gasteiger partial charge is 0.399 e. The van der Waals surface area contributed by atoms with Gasteiger partial charge in [-0.15, -0.1) is 0 Å². The van der Waals surface area contributed by atoms with E-state index < -0.39 is 10.0 Å². The SMILES string of the molecule is Cc1cc(C)n(-c2ccc(NS(=O)(=O)c3ccc(N)cc3)cc2)n1. The minimum absolute atomic E-state index is 0.166. The van der Waals surface area contributed by atoms with Crippen molar-refractivity contribution in [1.29, 1.82) is 0 Å². The van der Waals surface area contributed by atoms with Gasteiger partial charge in [0, 0.05) is 17.1 Å². The second-order valence-electron chi connectivity index (χ2n) is 5.56. The van der Waals surface area contributed by atoms with E-state index in [4.69, 9.17) is 5.73 Å². The predicted octanol–water partition coefficient (Wildman–Crippen LogP) is 2.87. The number of hydrogen-bond donors (Lipinski definition) is 2. The van der Waals surface area contributed by atoms with Crippen LogP contribution in [0.1, 0.15) is 11.4 Å². The van der Waals surface area contributed by atoms with Gasteiger partial charge in [-0.3, -0.25) is 4.72 Å². The summed E-state index contributed by atoms with van der Waals surface area (Å²) in [5, 5.41) is 4.41. The van der Waals surface area contributed by atoms with Gasteiger partial charge in [0.1, 0.15) is 0 Å². The number of nitrogens with two attached hydrogens (primary N) is 1. The standard InChI is InChI=1S/C17H18N4O2S/c1-12-11-13(2)21(19-12)16-7-5-15(6-8-16)20-24(22,23)17-9-3-14(18)4-10-17/h3-11,20H,18H2,1-2H3. The summed E-state index contributed by atoms with van der Waals surface area (Å²) in [4.78, 5) is 0.166. The van der Waals surface area contributed by atoms with Crippen molar-refractivity contribution in [2.24, 2.45) is 0 Å². The number of aromatic nitrogens is 2. The molecule has 0 spiro atoms. The highest BCUT2D eigenvalue weighted by atomic mass is 32.2. The van der Waals surface area contributed by atoms with Crippen LogP contribution in [0.3, 0.4) is 0 Å². The first-order valence-electron chi connectivity index (χ1n) is 7.37. The Hall–Kier alpha value is -2.80. The van der Waals surface area contributed by atoms with Gasteiger partial charge in [-0.2, -0.15) is 5.10 Å². The van der Waals surface area contributed by atoms with Crippen LogP contribution in [0.5, 0.6) is 0 Å². The minimum atomic E-state index is -3.64. The van der Waals surface area contributed by atoms with Crippen LogP contribution < -0.4 is 10.5 Å². The van der Waals surface area contributed by atoms with Crippen molar-refractivity contribution in [3.05, 3.63) is 66.0 Å². The molecule has 7 heteroatoms. The van der Waals surface area contributed by atoms with E-state index in [0.29, 0.717) is 11.4 Å². The zero-order valence-electron chi connectivity index (χ0n) is 13.4. The fourth-order valence-electron chi connectivity index (χ4n) is 2.42. The van der Waals surface area contributed by atoms with Crippen LogP contribution in [-0.4, -0.2) is 18.2 Å². The summed E-state index contributed by atoms with van der Waals surface area (Å²) in [6.45, 7) is 3.90. The Bertz CT molecular complexity index is 959. The first-order chi connectivity index (χ1) is 11.3. The molecule has 0 radical (unpaired) electrons. The molecule has 2 aromatic carbocycles. The molecule has 0 amide bonds. The maximum Gasteiger partial charge on any atom is 0.261 e. The van der Waals surface area contributed by atoms with E-state index in [0.717, 1.165) is 17.1 Å². The second-order valence-corrected chi connectivity index (χ2v) is 7.24. The molecule has 0 atom stereocenters. The van der Waals surface area contributed by atoms with Crippen molar-refractivity contribution in [3.8, 4) is 5.69 Å². The molecule has 3 N–H and O–H groups in total. The number of nitrogen functional groups attached to an aromatic ring is 1. The number of rotatable bonds is 4. The summed E-state index contributed by atoms with van der Waals surface area (Å²) < 4.78 is 29.1. The first-order valence-corrected chi connectivity index (χ1v) is 8.85. The number of sulfonamides is 1. The molecule has 0 saturated heterocycles. The van der Waals surface area contributed by atoms with Gasteiger partial charge in [-0.05, 0) is 68.4 Å². The Kier molecular flexibility index (Phi) is 4.02. The summed E-state index contributed by atoms with van der Waals surface area (Å²) in [7, 11) is -3.64. The summed E-state index contributed by atoms with van der Waals surface area (Å²) in [5.74, 6) is 0. The average Bonchev–Trinajstić information content (AvgIpc) is 2.87. The third-order valence-corrected chi connectivity index (χ3v) is 4.96. The molecule has 0 bridgehead atoms. The molecule has 0 aliphatic carbocycles. The Labute approximate surface area is 141 Å². The van der Waals surface area contributed by atoms with Crippen LogP contribution in [0.25, 0.3) is 5.69 Å². The molecule has 6 nitrogen and oxygen atoms in total. The molecular formula is C17H18N4O2S. The lowest BCUT2D eigenvalue weighted by Crippen LogP contribution is -2.13. The summed E-state index contributed by atoms with van der Waals surface area (Å²) in [5.41, 5.74) is 9.40. The zero-order chi connectivity index (χ0) is 17.3. The van der Waals surface area contributed by atoms with Crippen molar-refractivity contribution in [3.63, 3.8) is 0 Å². The van der Waals surface area contributed by atoms with E-state index in [9.17, 15) is 8.42 Å². The summed E-state index contributed by atoms with van der Waals surface area (Å²) >= 11 is 0. The van der Waals surface area contributed by atoms with Gasteiger partial charge in [0.05, 0.1) is 16.3 Å². The molecule has 3 rings (SSSR count). The summed E-state index contributed by atoms with van der Waals surface area (Å²) in [6, 6.07) is 15.1. The molecule has 0 unspecified atom stereocenters. The van der Waals surface area contributed by atoms with Gasteiger partial charge >= 0.3 is 0 Å². The van der Waals surface area contributed by atoms with Gasteiger partial charge < -0.3 is 5.73 Å². The predicted molar refractivity (Wildman–Crippen MR) is 94.7 cm³/mol. The lowest BCUT2D eigenvalue weighted by Gasteiger charge is -2.10. The smallest absolute Gasteiger partial charge is 0.261 e. The van der Waals surface area contributed by atoms with Crippen molar-refractivity contribution < 1.29 is 8.42 Å². The molecule has 0 aliphatic heterocycles. The van der Waals surface area contributed by atoms with E-state index in [1.807, 2.05) is 36.7 Å². The number of hydrogen-bond acceptors (Lipinski definition) is 4. The number of nitrogens with zero attached hydrogens (tertiary/aromatic N) is 2. The van der Waals surface area contributed by atoms with E-state index in [2.05, 4.69) is 9.82 Å². The van der Waals surface area contributed by atoms with Crippen LogP contribution in [0.4, 0.5) is 11.4 Å². The molecule has 0 fully saturated rings. The van der Waals surface area contributed by atoms with Crippen molar-refractivity contribution in [1.82, 2.24) is 9.78 Å². The van der Waals surface area contributed by atoms with Gasteiger partial charge in [-0.1, -0.05) is 0 Å². The van der Waals surface area contributed by atoms with Crippen molar-refractivity contribution >= 4 is 21.4 Å². The molecule has 24 heavy (non-hydrogen) atoms. The van der Waals surface area contributed by atoms with E-state index in [-0.39, 0.29) is 4.90 Å². The highest BCUT2D eigenvalue weighted by molar-refractivity contribution is 7.92. The topological polar surface area (TPSA) is 90.0 Å². The molecule has 0 saturated carbocycles. The average molecular weight is 342 g/mol. The van der Waals surface area contributed by atoms with E-state index >= 15 is 0 Å². The highest BCUT2D eigenvalue weighted by Crippen LogP contribution is 2.19.